The summed E-state index contributed by atoms with van der Waals surface area (Å²) in [5, 5.41) is 9.93. The van der Waals surface area contributed by atoms with Gasteiger partial charge in [0.15, 0.2) is 5.89 Å². The number of aromatic nitrogens is 2. The van der Waals surface area contributed by atoms with Crippen LogP contribution in [0.25, 0.3) is 11.2 Å². The van der Waals surface area contributed by atoms with Gasteiger partial charge in [-0.1, -0.05) is 13.8 Å². The fraction of sp³-hybridized carbons (Fsp3) is 0.455. The third-order valence-electron chi connectivity index (χ3n) is 2.44. The molecule has 0 aliphatic rings. The van der Waals surface area contributed by atoms with Crippen molar-refractivity contribution < 1.29 is 9.52 Å². The normalized spacial score (nSPS) is 11.5. The van der Waals surface area contributed by atoms with Crippen LogP contribution in [0.2, 0.25) is 0 Å². The maximum Gasteiger partial charge on any atom is 0.247 e. The van der Waals surface area contributed by atoms with Crippen molar-refractivity contribution in [3.63, 3.8) is 0 Å². The van der Waals surface area contributed by atoms with Crippen molar-refractivity contribution in [3.8, 4) is 5.75 Å². The van der Waals surface area contributed by atoms with Gasteiger partial charge in [-0.25, -0.2) is 9.97 Å². The first kappa shape index (κ1) is 9.96. The van der Waals surface area contributed by atoms with Gasteiger partial charge < -0.3 is 9.52 Å². The molecule has 2 rings (SSSR count). The molecule has 0 saturated carbocycles. The van der Waals surface area contributed by atoms with E-state index in [1.807, 2.05) is 20.8 Å². The molecular formula is C11H14N2O2. The number of hydrogen-bond donors (Lipinski definition) is 1. The second-order valence-corrected chi connectivity index (χ2v) is 4.01. The second kappa shape index (κ2) is 3.22. The molecule has 0 fully saturated rings. The first-order valence-corrected chi connectivity index (χ1v) is 4.97. The number of aromatic hydroxyl groups is 1. The molecular weight excluding hydrogens is 192 g/mol. The number of oxazole rings is 1. The Bertz CT molecular complexity index is 515. The van der Waals surface area contributed by atoms with E-state index >= 15 is 0 Å². The Morgan fingerprint density at radius 2 is 1.87 bits per heavy atom. The lowest BCUT2D eigenvalue weighted by atomic mass is 10.1. The summed E-state index contributed by atoms with van der Waals surface area (Å²) in [6, 6.07) is 0. The van der Waals surface area contributed by atoms with Crippen LogP contribution in [0, 0.1) is 13.8 Å². The van der Waals surface area contributed by atoms with Gasteiger partial charge in [-0.3, -0.25) is 0 Å². The highest BCUT2D eigenvalue weighted by molar-refractivity contribution is 5.76. The van der Waals surface area contributed by atoms with E-state index in [0.717, 1.165) is 5.56 Å². The first-order valence-electron chi connectivity index (χ1n) is 4.97. The summed E-state index contributed by atoms with van der Waals surface area (Å²) in [6.45, 7) is 7.56. The van der Waals surface area contributed by atoms with Crippen LogP contribution in [0.15, 0.2) is 4.42 Å². The first-order chi connectivity index (χ1) is 7.00. The quantitative estimate of drug-likeness (QED) is 0.779. The monoisotopic (exact) mass is 206 g/mol. The zero-order chi connectivity index (χ0) is 11.2. The predicted molar refractivity (Wildman–Crippen MR) is 57.0 cm³/mol. The summed E-state index contributed by atoms with van der Waals surface area (Å²) >= 11 is 0. The topological polar surface area (TPSA) is 59.2 Å². The largest absolute Gasteiger partial charge is 0.506 e. The highest BCUT2D eigenvalue weighted by Gasteiger charge is 2.17. The Kier molecular flexibility index (Phi) is 2.14. The smallest absolute Gasteiger partial charge is 0.247 e. The van der Waals surface area contributed by atoms with Gasteiger partial charge in [0, 0.05) is 12.5 Å². The molecule has 80 valence electrons. The number of fused-ring (bicyclic) bond motifs is 1. The molecule has 0 aliphatic heterocycles. The van der Waals surface area contributed by atoms with E-state index in [0.29, 0.717) is 22.8 Å². The Morgan fingerprint density at radius 3 is 2.47 bits per heavy atom. The predicted octanol–water partition coefficient (Wildman–Crippen LogP) is 2.67. The van der Waals surface area contributed by atoms with Gasteiger partial charge in [0.25, 0.3) is 0 Å². The lowest BCUT2D eigenvalue weighted by molar-refractivity contribution is 0.455. The Labute approximate surface area is 88.0 Å². The molecule has 0 bridgehead atoms. The maximum atomic E-state index is 9.93. The van der Waals surface area contributed by atoms with E-state index in [1.165, 1.54) is 0 Å². The van der Waals surface area contributed by atoms with Crippen LogP contribution in [-0.2, 0) is 0 Å². The summed E-state index contributed by atoms with van der Waals surface area (Å²) in [6.07, 6.45) is 0. The number of hydrogen-bond acceptors (Lipinski definition) is 4. The van der Waals surface area contributed by atoms with Crippen molar-refractivity contribution in [3.05, 3.63) is 17.1 Å². The van der Waals surface area contributed by atoms with Gasteiger partial charge in [0.1, 0.15) is 11.3 Å². The lowest BCUT2D eigenvalue weighted by Gasteiger charge is -2.08. The maximum absolute atomic E-state index is 9.93. The Hall–Kier alpha value is -1.58. The molecule has 0 saturated heterocycles. The van der Waals surface area contributed by atoms with Gasteiger partial charge in [0.05, 0.1) is 5.69 Å². The molecule has 0 radical (unpaired) electrons. The van der Waals surface area contributed by atoms with E-state index in [2.05, 4.69) is 9.97 Å². The zero-order valence-corrected chi connectivity index (χ0v) is 9.33. The summed E-state index contributed by atoms with van der Waals surface area (Å²) in [4.78, 5) is 8.46. The highest BCUT2D eigenvalue weighted by Crippen LogP contribution is 2.31. The lowest BCUT2D eigenvalue weighted by Crippen LogP contribution is -1.95. The minimum absolute atomic E-state index is 0.165. The van der Waals surface area contributed by atoms with Crippen LogP contribution in [-0.4, -0.2) is 15.1 Å². The Balaban J connectivity index is 2.81. The summed E-state index contributed by atoms with van der Waals surface area (Å²) < 4.78 is 5.36. The van der Waals surface area contributed by atoms with E-state index in [1.54, 1.807) is 6.92 Å². The van der Waals surface area contributed by atoms with Crippen molar-refractivity contribution in [1.29, 1.82) is 0 Å². The molecule has 2 aromatic rings. The SMILES string of the molecule is Cc1nc2c(C)c(O)c(C(C)C)nc2o1. The molecule has 4 heteroatoms. The third-order valence-corrected chi connectivity index (χ3v) is 2.44. The standard InChI is InChI=1S/C11H14N2O2/c1-5(2)8-10(14)6(3)9-11(13-8)15-7(4)12-9/h5,14H,1-4H3. The van der Waals surface area contributed by atoms with Crippen LogP contribution in [0.1, 0.15) is 36.9 Å². The van der Waals surface area contributed by atoms with Gasteiger partial charge in [-0.05, 0) is 12.8 Å². The van der Waals surface area contributed by atoms with E-state index in [-0.39, 0.29) is 11.7 Å². The number of pyridine rings is 1. The van der Waals surface area contributed by atoms with Crippen molar-refractivity contribution in [2.24, 2.45) is 0 Å². The Morgan fingerprint density at radius 1 is 1.20 bits per heavy atom. The van der Waals surface area contributed by atoms with Crippen LogP contribution in [0.4, 0.5) is 0 Å². The van der Waals surface area contributed by atoms with Crippen LogP contribution in [0.3, 0.4) is 0 Å². The van der Waals surface area contributed by atoms with Crippen molar-refractivity contribution in [2.75, 3.05) is 0 Å². The fourth-order valence-corrected chi connectivity index (χ4v) is 1.61. The van der Waals surface area contributed by atoms with E-state index in [9.17, 15) is 5.11 Å². The molecule has 2 aromatic heterocycles. The number of rotatable bonds is 1. The van der Waals surface area contributed by atoms with Crippen molar-refractivity contribution in [1.82, 2.24) is 9.97 Å². The second-order valence-electron chi connectivity index (χ2n) is 4.01. The fourth-order valence-electron chi connectivity index (χ4n) is 1.61. The number of nitrogens with zero attached hydrogens (tertiary/aromatic N) is 2. The third kappa shape index (κ3) is 1.46. The van der Waals surface area contributed by atoms with Crippen LogP contribution >= 0.6 is 0 Å². The minimum Gasteiger partial charge on any atom is -0.506 e. The highest BCUT2D eigenvalue weighted by atomic mass is 16.4. The summed E-state index contributed by atoms with van der Waals surface area (Å²) in [7, 11) is 0. The molecule has 0 spiro atoms. The summed E-state index contributed by atoms with van der Waals surface area (Å²) in [5.41, 5.74) is 2.55. The molecule has 0 aromatic carbocycles. The molecule has 2 heterocycles. The zero-order valence-electron chi connectivity index (χ0n) is 9.33. The number of aryl methyl sites for hydroxylation is 2. The minimum atomic E-state index is 0.165. The average Bonchev–Trinajstić information content (AvgIpc) is 2.52. The van der Waals surface area contributed by atoms with Crippen LogP contribution in [0.5, 0.6) is 5.75 Å². The molecule has 1 N–H and O–H groups in total. The van der Waals surface area contributed by atoms with Gasteiger partial charge >= 0.3 is 0 Å². The van der Waals surface area contributed by atoms with Gasteiger partial charge in [0.2, 0.25) is 5.71 Å². The molecule has 0 atom stereocenters. The van der Waals surface area contributed by atoms with Gasteiger partial charge in [-0.15, -0.1) is 0 Å². The van der Waals surface area contributed by atoms with E-state index in [4.69, 9.17) is 4.42 Å². The van der Waals surface area contributed by atoms with E-state index < -0.39 is 0 Å². The molecule has 4 nitrogen and oxygen atoms in total. The molecule has 0 aliphatic carbocycles. The molecule has 0 amide bonds. The average molecular weight is 206 g/mol. The van der Waals surface area contributed by atoms with Gasteiger partial charge in [-0.2, -0.15) is 0 Å². The van der Waals surface area contributed by atoms with Crippen molar-refractivity contribution in [2.45, 2.75) is 33.6 Å². The molecule has 0 unspecified atom stereocenters. The molecule has 15 heavy (non-hydrogen) atoms. The summed E-state index contributed by atoms with van der Waals surface area (Å²) in [5.74, 6) is 0.963. The van der Waals surface area contributed by atoms with Crippen molar-refractivity contribution >= 4 is 11.2 Å². The van der Waals surface area contributed by atoms with Crippen LogP contribution < -0.4 is 0 Å².